The Hall–Kier alpha value is 0.142. The van der Waals surface area contributed by atoms with E-state index in [-0.39, 0.29) is 74.5 Å². The van der Waals surface area contributed by atoms with Gasteiger partial charge >= 0.3 is 68.9 Å². The molecule has 0 aliphatic rings. The normalized spacial score (nSPS) is 11.0. The van der Waals surface area contributed by atoms with Gasteiger partial charge in [-0.15, -0.1) is 0 Å². The van der Waals surface area contributed by atoms with Gasteiger partial charge in [-0.05, 0) is 31.4 Å². The first-order valence-corrected chi connectivity index (χ1v) is 20.9. The summed E-state index contributed by atoms with van der Waals surface area (Å²) in [6, 6.07) is 3.12. The number of carbonyl (C=O) groups excluding carboxylic acids is 1. The molecule has 0 fully saturated rings. The molecular weight excluding hydrogens is 729 g/mol. The summed E-state index contributed by atoms with van der Waals surface area (Å²) in [7, 11) is 0. The average Bonchev–Trinajstić information content (AvgIpc) is 3.08. The van der Waals surface area contributed by atoms with Crippen LogP contribution in [-0.2, 0) is 0 Å². The Morgan fingerprint density at radius 1 is 0.429 bits per heavy atom. The van der Waals surface area contributed by atoms with Gasteiger partial charge in [0.2, 0.25) is 5.75 Å². The van der Waals surface area contributed by atoms with Crippen molar-refractivity contribution < 1.29 is 93.0 Å². The van der Waals surface area contributed by atoms with Crippen LogP contribution in [0.25, 0.3) is 0 Å². The predicted molar refractivity (Wildman–Crippen MR) is 203 cm³/mol. The van der Waals surface area contributed by atoms with E-state index < -0.39 is 5.97 Å². The molecule has 0 N–H and O–H groups in total. The van der Waals surface area contributed by atoms with Gasteiger partial charge in [0.25, 0.3) is 0 Å². The quantitative estimate of drug-likeness (QED) is 0.0627. The molecule has 0 spiro atoms. The van der Waals surface area contributed by atoms with Crippen molar-refractivity contribution in [3.63, 3.8) is 0 Å². The van der Waals surface area contributed by atoms with Crippen LogP contribution in [0.15, 0.2) is 12.1 Å². The molecule has 0 aromatic heterocycles. The minimum Gasteiger partial charge on any atom is -0.545 e. The van der Waals surface area contributed by atoms with Crippen LogP contribution in [0.3, 0.4) is 0 Å². The molecule has 0 aliphatic heterocycles. The maximum Gasteiger partial charge on any atom is 1.00 e. The fraction of sp³-hybridized carbons (Fsp3) is 0.837. The van der Waals surface area contributed by atoms with E-state index in [9.17, 15) is 9.90 Å². The summed E-state index contributed by atoms with van der Waals surface area (Å²) in [4.78, 5) is 11.9. The molecule has 5 nitrogen and oxygen atoms in total. The molecule has 0 saturated heterocycles. The third kappa shape index (κ3) is 29.3. The molecular formula is C43H77CsO5. The minimum absolute atomic E-state index is 0. The van der Waals surface area contributed by atoms with Crippen molar-refractivity contribution in [1.29, 1.82) is 0 Å². The Labute approximate surface area is 363 Å². The predicted octanol–water partition coefficient (Wildman–Crippen LogP) is 9.95. The largest absolute Gasteiger partial charge is 1.00 e. The zero-order valence-corrected chi connectivity index (χ0v) is 39.3. The van der Waals surface area contributed by atoms with Crippen molar-refractivity contribution in [2.45, 2.75) is 213 Å². The number of benzene rings is 1. The van der Waals surface area contributed by atoms with E-state index in [2.05, 4.69) is 20.8 Å². The topological polar surface area (TPSA) is 67.8 Å². The summed E-state index contributed by atoms with van der Waals surface area (Å²) in [6.45, 7) is 8.44. The van der Waals surface area contributed by atoms with Crippen LogP contribution < -0.4 is 88.2 Å². The summed E-state index contributed by atoms with van der Waals surface area (Å²) < 4.78 is 18.7. The second-order valence-electron chi connectivity index (χ2n) is 14.2. The fourth-order valence-corrected chi connectivity index (χ4v) is 6.36. The van der Waals surface area contributed by atoms with E-state index in [4.69, 9.17) is 14.2 Å². The first-order chi connectivity index (χ1) is 23.6. The van der Waals surface area contributed by atoms with Gasteiger partial charge in [-0.2, -0.15) is 0 Å². The smallest absolute Gasteiger partial charge is 0.545 e. The molecule has 1 aromatic rings. The van der Waals surface area contributed by atoms with Crippen LogP contribution in [0.4, 0.5) is 0 Å². The van der Waals surface area contributed by atoms with Gasteiger partial charge < -0.3 is 24.1 Å². The number of carboxylic acid groups (broad SMARTS) is 1. The first-order valence-electron chi connectivity index (χ1n) is 20.9. The molecule has 0 aliphatic carbocycles. The second kappa shape index (κ2) is 37.9. The average molecular weight is 807 g/mol. The Morgan fingerprint density at radius 3 is 0.939 bits per heavy atom. The maximum absolute atomic E-state index is 11.9. The van der Waals surface area contributed by atoms with E-state index >= 15 is 0 Å². The number of ether oxygens (including phenoxy) is 3. The number of unbranched alkanes of at least 4 members (excludes halogenated alkanes) is 27. The molecule has 49 heavy (non-hydrogen) atoms. The second-order valence-corrected chi connectivity index (χ2v) is 14.2. The number of hydrogen-bond acceptors (Lipinski definition) is 5. The van der Waals surface area contributed by atoms with Gasteiger partial charge in [-0.25, -0.2) is 0 Å². The SMILES string of the molecule is CCCCCCCCCCCCOc1cc(C(=O)[O-])cc(OCCCCCCCCCCCC)c1OCCCCCCCCCCCC.[Cs+]. The maximum atomic E-state index is 11.9. The van der Waals surface area contributed by atoms with Gasteiger partial charge in [-0.3, -0.25) is 0 Å². The standard InChI is InChI=1S/C43H78O5.Cs/c1-4-7-10-13-16-19-22-25-28-31-34-46-40-37-39(43(44)45)38-41(47-35-32-29-26-23-20-17-14-11-8-5-2)42(40)48-36-33-30-27-24-21-18-15-12-9-6-3;/h37-38H,4-36H2,1-3H3,(H,44,45);/q;+1/p-1. The molecule has 1 aromatic carbocycles. The Bertz CT molecular complexity index is 814. The molecule has 0 amide bonds. The minimum atomic E-state index is -1.22. The van der Waals surface area contributed by atoms with Gasteiger partial charge in [0.1, 0.15) is 0 Å². The molecule has 0 radical (unpaired) electrons. The van der Waals surface area contributed by atoms with Gasteiger partial charge in [0.05, 0.1) is 25.8 Å². The Morgan fingerprint density at radius 2 is 0.673 bits per heavy atom. The van der Waals surface area contributed by atoms with E-state index in [1.807, 2.05) is 0 Å². The molecule has 0 bridgehead atoms. The molecule has 0 unspecified atom stereocenters. The summed E-state index contributed by atoms with van der Waals surface area (Å²) >= 11 is 0. The van der Waals surface area contributed by atoms with Crippen LogP contribution in [0.1, 0.15) is 224 Å². The van der Waals surface area contributed by atoms with E-state index in [0.717, 1.165) is 38.5 Å². The number of carbonyl (C=O) groups is 1. The molecule has 0 saturated carbocycles. The summed E-state index contributed by atoms with van der Waals surface area (Å²) in [5.41, 5.74) is 0.0810. The number of hydrogen-bond donors (Lipinski definition) is 0. The van der Waals surface area contributed by atoms with Crippen molar-refractivity contribution in [3.8, 4) is 17.2 Å². The van der Waals surface area contributed by atoms with E-state index in [1.165, 1.54) is 154 Å². The van der Waals surface area contributed by atoms with Crippen molar-refractivity contribution in [2.24, 2.45) is 0 Å². The molecule has 6 heteroatoms. The summed E-state index contributed by atoms with van der Waals surface area (Å²) in [5, 5.41) is 11.9. The summed E-state index contributed by atoms with van der Waals surface area (Å²) in [5.74, 6) is 0.273. The number of carboxylic acids is 1. The Balaban J connectivity index is 0.0000230. The van der Waals surface area contributed by atoms with E-state index in [1.54, 1.807) is 12.1 Å². The monoisotopic (exact) mass is 806 g/mol. The number of rotatable bonds is 37. The van der Waals surface area contributed by atoms with Crippen LogP contribution in [0.2, 0.25) is 0 Å². The molecule has 1 rings (SSSR count). The van der Waals surface area contributed by atoms with Crippen LogP contribution in [0.5, 0.6) is 17.2 Å². The molecule has 0 atom stereocenters. The van der Waals surface area contributed by atoms with Crippen molar-refractivity contribution in [1.82, 2.24) is 0 Å². The van der Waals surface area contributed by atoms with Crippen LogP contribution >= 0.6 is 0 Å². The van der Waals surface area contributed by atoms with Gasteiger partial charge in [0, 0.05) is 5.56 Å². The zero-order chi connectivity index (χ0) is 34.8. The first kappa shape index (κ1) is 49.1. The fourth-order valence-electron chi connectivity index (χ4n) is 6.36. The van der Waals surface area contributed by atoms with E-state index in [0.29, 0.717) is 37.1 Å². The third-order valence-electron chi connectivity index (χ3n) is 9.51. The molecule has 0 heterocycles. The van der Waals surface area contributed by atoms with Gasteiger partial charge in [-0.1, -0.05) is 194 Å². The van der Waals surface area contributed by atoms with Crippen molar-refractivity contribution in [2.75, 3.05) is 19.8 Å². The third-order valence-corrected chi connectivity index (χ3v) is 9.51. The molecule has 280 valence electrons. The Kier molecular flexibility index (Phi) is 38.0. The van der Waals surface area contributed by atoms with Gasteiger partial charge in [0.15, 0.2) is 11.5 Å². The summed E-state index contributed by atoms with van der Waals surface area (Å²) in [6.07, 6.45) is 37.8. The van der Waals surface area contributed by atoms with Crippen LogP contribution in [0, 0.1) is 0 Å². The van der Waals surface area contributed by atoms with Crippen LogP contribution in [-0.4, -0.2) is 25.8 Å². The number of aromatic carboxylic acids is 1. The van der Waals surface area contributed by atoms with Crippen molar-refractivity contribution >= 4 is 5.97 Å². The van der Waals surface area contributed by atoms with Crippen molar-refractivity contribution in [3.05, 3.63) is 17.7 Å². The zero-order valence-electron chi connectivity index (χ0n) is 33.0.